The van der Waals surface area contributed by atoms with Crippen molar-refractivity contribution in [3.05, 3.63) is 50.4 Å². The van der Waals surface area contributed by atoms with Crippen molar-refractivity contribution in [1.82, 2.24) is 9.88 Å². The van der Waals surface area contributed by atoms with E-state index in [4.69, 9.17) is 5.11 Å². The zero-order valence-corrected chi connectivity index (χ0v) is 17.3. The average Bonchev–Trinajstić information content (AvgIpc) is 3.44. The van der Waals surface area contributed by atoms with Crippen molar-refractivity contribution in [3.63, 3.8) is 0 Å². The Labute approximate surface area is 179 Å². The van der Waals surface area contributed by atoms with E-state index in [1.54, 1.807) is 11.8 Å². The Morgan fingerprint density at radius 2 is 1.80 bits per heavy atom. The fourth-order valence-electron chi connectivity index (χ4n) is 6.40. The molecule has 2 aromatic rings. The Kier molecular flexibility index (Phi) is 3.86. The molecule has 1 saturated heterocycles. The van der Waals surface area contributed by atoms with Crippen LogP contribution in [-0.4, -0.2) is 44.6 Å². The SMILES string of the molecule is O=C(O)CN1C(=O)[C@@H]2[C@H]3C[C@@H]([C@@H]2C1=O)[C@@H]1[C@H](c2ccccc2)c2sc(=O)[nH]c2S[C@H]31. The van der Waals surface area contributed by atoms with Gasteiger partial charge in [0.15, 0.2) is 0 Å². The molecule has 2 aliphatic carbocycles. The van der Waals surface area contributed by atoms with Gasteiger partial charge in [-0.1, -0.05) is 41.7 Å². The minimum absolute atomic E-state index is 0.00350. The first-order valence-corrected chi connectivity index (χ1v) is 11.7. The van der Waals surface area contributed by atoms with Crippen molar-refractivity contribution >= 4 is 40.9 Å². The fourth-order valence-corrected chi connectivity index (χ4v) is 9.29. The largest absolute Gasteiger partial charge is 0.480 e. The van der Waals surface area contributed by atoms with Gasteiger partial charge in [0.25, 0.3) is 0 Å². The molecule has 9 heteroatoms. The number of imide groups is 1. The summed E-state index contributed by atoms with van der Waals surface area (Å²) >= 11 is 2.87. The number of nitrogens with zero attached hydrogens (tertiary/aromatic N) is 1. The molecular weight excluding hydrogens is 424 g/mol. The maximum atomic E-state index is 13.1. The summed E-state index contributed by atoms with van der Waals surface area (Å²) < 4.78 is 0. The molecule has 0 unspecified atom stereocenters. The highest BCUT2D eigenvalue weighted by atomic mass is 32.2. The van der Waals surface area contributed by atoms with Crippen LogP contribution < -0.4 is 4.87 Å². The van der Waals surface area contributed by atoms with Crippen molar-refractivity contribution in [2.24, 2.45) is 29.6 Å². The molecule has 6 rings (SSSR count). The van der Waals surface area contributed by atoms with Crippen molar-refractivity contribution in [3.8, 4) is 0 Å². The second-order valence-electron chi connectivity index (χ2n) is 8.53. The number of rotatable bonds is 3. The summed E-state index contributed by atoms with van der Waals surface area (Å²) in [7, 11) is 0. The van der Waals surface area contributed by atoms with Crippen LogP contribution in [-0.2, 0) is 14.4 Å². The maximum Gasteiger partial charge on any atom is 0.323 e. The first kappa shape index (κ1) is 18.4. The predicted octanol–water partition coefficient (Wildman–Crippen LogP) is 1.99. The molecule has 1 aromatic heterocycles. The number of benzene rings is 1. The number of carbonyl (C=O) groups excluding carboxylic acids is 2. The van der Waals surface area contributed by atoms with Gasteiger partial charge in [0.2, 0.25) is 11.8 Å². The van der Waals surface area contributed by atoms with Gasteiger partial charge in [-0.25, -0.2) is 0 Å². The van der Waals surface area contributed by atoms with Crippen LogP contribution in [0.1, 0.15) is 22.8 Å². The Morgan fingerprint density at radius 1 is 1.10 bits per heavy atom. The number of carboxylic acids is 1. The number of fused-ring (bicyclic) bond motifs is 9. The van der Waals surface area contributed by atoms with Crippen LogP contribution in [0.15, 0.2) is 40.2 Å². The summed E-state index contributed by atoms with van der Waals surface area (Å²) in [6.45, 7) is -0.560. The first-order chi connectivity index (χ1) is 14.5. The fraction of sp³-hybridized carbons (Fsp3) is 0.429. The molecule has 4 aliphatic rings. The smallest absolute Gasteiger partial charge is 0.323 e. The van der Waals surface area contributed by atoms with Crippen molar-refractivity contribution in [2.45, 2.75) is 22.6 Å². The number of likely N-dealkylation sites (tertiary alicyclic amines) is 1. The van der Waals surface area contributed by atoms with Gasteiger partial charge in [-0.3, -0.25) is 24.1 Å². The Morgan fingerprint density at radius 3 is 2.50 bits per heavy atom. The van der Waals surface area contributed by atoms with Gasteiger partial charge in [0.05, 0.1) is 16.9 Å². The standard InChI is InChI=1S/C21H18N2O5S2/c24-11(25)7-23-19(26)14-9-6-10(15(14)20(23)27)16-13(9)12(8-4-2-1-3-5-8)17-18(29-16)22-21(28)30-17/h1-5,9-10,12-16H,6-7H2,(H,22,28)(H,24,25)/t9-,10-,12+,13-,14+,15-,16-/m1/s1. The second-order valence-corrected chi connectivity index (χ2v) is 10.7. The molecule has 2 saturated carbocycles. The highest BCUT2D eigenvalue weighted by Crippen LogP contribution is 2.68. The molecule has 2 N–H and O–H groups in total. The lowest BCUT2D eigenvalue weighted by molar-refractivity contribution is -0.149. The maximum absolute atomic E-state index is 13.1. The number of aromatic nitrogens is 1. The number of hydrogen-bond acceptors (Lipinski definition) is 6. The van der Waals surface area contributed by atoms with Crippen LogP contribution in [0.5, 0.6) is 0 Å². The lowest BCUT2D eigenvalue weighted by Gasteiger charge is -2.43. The summed E-state index contributed by atoms with van der Waals surface area (Å²) in [5.74, 6) is -2.52. The zero-order valence-electron chi connectivity index (χ0n) is 15.7. The number of thioether (sulfide) groups is 1. The van der Waals surface area contributed by atoms with Gasteiger partial charge in [0.1, 0.15) is 6.54 Å². The lowest BCUT2D eigenvalue weighted by Crippen LogP contribution is -2.42. The minimum atomic E-state index is -1.17. The van der Waals surface area contributed by atoms with Gasteiger partial charge in [-0.15, -0.1) is 11.8 Å². The van der Waals surface area contributed by atoms with Crippen LogP contribution in [0.2, 0.25) is 0 Å². The highest BCUT2D eigenvalue weighted by Gasteiger charge is 2.69. The molecule has 1 aromatic carbocycles. The van der Waals surface area contributed by atoms with Gasteiger partial charge in [0, 0.05) is 16.0 Å². The molecular formula is C21H18N2O5S2. The first-order valence-electron chi connectivity index (χ1n) is 9.97. The summed E-state index contributed by atoms with van der Waals surface area (Å²) in [6.07, 6.45) is 0.804. The number of carbonyl (C=O) groups is 3. The molecule has 2 amide bonds. The third kappa shape index (κ3) is 2.33. The highest BCUT2D eigenvalue weighted by molar-refractivity contribution is 8.00. The number of H-pyrrole nitrogens is 1. The van der Waals surface area contributed by atoms with E-state index in [-0.39, 0.29) is 45.6 Å². The van der Waals surface area contributed by atoms with E-state index in [1.807, 2.05) is 18.2 Å². The lowest BCUT2D eigenvalue weighted by atomic mass is 9.68. The van der Waals surface area contributed by atoms with Gasteiger partial charge < -0.3 is 10.1 Å². The second kappa shape index (κ2) is 6.31. The number of nitrogens with one attached hydrogen (secondary N) is 1. The monoisotopic (exact) mass is 442 g/mol. The van der Waals surface area contributed by atoms with Crippen molar-refractivity contribution in [2.75, 3.05) is 6.54 Å². The predicted molar refractivity (Wildman–Crippen MR) is 109 cm³/mol. The summed E-state index contributed by atoms with van der Waals surface area (Å²) in [6, 6.07) is 10.0. The van der Waals surface area contributed by atoms with E-state index in [0.717, 1.165) is 26.8 Å². The topological polar surface area (TPSA) is 108 Å². The molecule has 0 radical (unpaired) electrons. The van der Waals surface area contributed by atoms with Crippen molar-refractivity contribution < 1.29 is 19.5 Å². The van der Waals surface area contributed by atoms with Crippen LogP contribution in [0.25, 0.3) is 0 Å². The molecule has 7 nitrogen and oxygen atoms in total. The number of hydrogen-bond donors (Lipinski definition) is 2. The molecule has 154 valence electrons. The van der Waals surface area contributed by atoms with E-state index in [0.29, 0.717) is 0 Å². The van der Waals surface area contributed by atoms with E-state index < -0.39 is 24.3 Å². The Balaban J connectivity index is 1.45. The summed E-state index contributed by atoms with van der Waals surface area (Å²) in [5, 5.41) is 10.2. The van der Waals surface area contributed by atoms with E-state index in [1.165, 1.54) is 11.3 Å². The normalized spacial score (nSPS) is 36.0. The van der Waals surface area contributed by atoms with Crippen LogP contribution in [0.4, 0.5) is 0 Å². The molecule has 7 atom stereocenters. The van der Waals surface area contributed by atoms with Crippen LogP contribution in [0, 0.1) is 29.6 Å². The van der Waals surface area contributed by atoms with E-state index in [9.17, 15) is 19.2 Å². The van der Waals surface area contributed by atoms with Crippen LogP contribution >= 0.6 is 23.1 Å². The van der Waals surface area contributed by atoms with E-state index >= 15 is 0 Å². The molecule has 3 heterocycles. The molecule has 30 heavy (non-hydrogen) atoms. The average molecular weight is 443 g/mol. The number of carboxylic acid groups (broad SMARTS) is 1. The number of thiazole rings is 1. The van der Waals surface area contributed by atoms with Gasteiger partial charge in [-0.05, 0) is 29.7 Å². The Bertz CT molecular complexity index is 1140. The number of aromatic amines is 1. The molecule has 2 aliphatic heterocycles. The number of aliphatic carboxylic acids is 1. The Hall–Kier alpha value is -2.39. The van der Waals surface area contributed by atoms with Crippen LogP contribution in [0.3, 0.4) is 0 Å². The number of amides is 2. The third-order valence-electron chi connectivity index (χ3n) is 7.27. The van der Waals surface area contributed by atoms with E-state index in [2.05, 4.69) is 17.1 Å². The quantitative estimate of drug-likeness (QED) is 0.704. The van der Waals surface area contributed by atoms with Gasteiger partial charge >= 0.3 is 10.8 Å². The van der Waals surface area contributed by atoms with Gasteiger partial charge in [-0.2, -0.15) is 0 Å². The molecule has 2 bridgehead atoms. The molecule has 0 spiro atoms. The zero-order chi connectivity index (χ0) is 20.7. The summed E-state index contributed by atoms with van der Waals surface area (Å²) in [4.78, 5) is 54.3. The van der Waals surface area contributed by atoms with Crippen molar-refractivity contribution in [1.29, 1.82) is 0 Å². The third-order valence-corrected chi connectivity index (χ3v) is 9.86. The summed E-state index contributed by atoms with van der Waals surface area (Å²) in [5.41, 5.74) is 1.12. The minimum Gasteiger partial charge on any atom is -0.480 e. The molecule has 3 fully saturated rings.